The molecule has 0 radical (unpaired) electrons. The topological polar surface area (TPSA) is 6.48 Å². The minimum absolute atomic E-state index is 1.01. The van der Waals surface area contributed by atoms with Gasteiger partial charge in [0.15, 0.2) is 0 Å². The molecule has 0 saturated carbocycles. The number of piperidine rings is 1. The first-order valence-electron chi connectivity index (χ1n) is 5.59. The van der Waals surface area contributed by atoms with Crippen molar-refractivity contribution in [3.63, 3.8) is 0 Å². The van der Waals surface area contributed by atoms with Crippen molar-refractivity contribution < 1.29 is 0 Å². The van der Waals surface area contributed by atoms with Crippen LogP contribution in [0.15, 0.2) is 0 Å². The quantitative estimate of drug-likeness (QED) is 0.656. The Hall–Kier alpha value is -0.0800. The van der Waals surface area contributed by atoms with Crippen LogP contribution in [0, 0.1) is 5.92 Å². The van der Waals surface area contributed by atoms with Crippen LogP contribution in [-0.2, 0) is 0 Å². The fourth-order valence-electron chi connectivity index (χ4n) is 1.96. The summed E-state index contributed by atoms with van der Waals surface area (Å²) in [7, 11) is 4.30. The lowest BCUT2D eigenvalue weighted by Gasteiger charge is -2.32. The minimum atomic E-state index is 1.01. The summed E-state index contributed by atoms with van der Waals surface area (Å²) in [6.45, 7) is 7.43. The average molecular weight is 184 g/mol. The van der Waals surface area contributed by atoms with E-state index in [0.29, 0.717) is 0 Å². The van der Waals surface area contributed by atoms with E-state index in [9.17, 15) is 0 Å². The van der Waals surface area contributed by atoms with E-state index < -0.39 is 0 Å². The van der Waals surface area contributed by atoms with Crippen LogP contribution in [0.1, 0.15) is 26.2 Å². The van der Waals surface area contributed by atoms with Gasteiger partial charge in [0, 0.05) is 13.1 Å². The zero-order valence-corrected chi connectivity index (χ0v) is 9.42. The van der Waals surface area contributed by atoms with Gasteiger partial charge in [-0.2, -0.15) is 0 Å². The van der Waals surface area contributed by atoms with Gasteiger partial charge in [-0.3, -0.25) is 0 Å². The monoisotopic (exact) mass is 184 g/mol. The number of hydrogen-bond donors (Lipinski definition) is 0. The van der Waals surface area contributed by atoms with Crippen molar-refractivity contribution in [2.75, 3.05) is 40.3 Å². The molecule has 1 heterocycles. The maximum Gasteiger partial charge on any atom is 0.0109 e. The van der Waals surface area contributed by atoms with Crippen LogP contribution in [0.4, 0.5) is 0 Å². The molecule has 0 aromatic rings. The Morgan fingerprint density at radius 1 is 1.23 bits per heavy atom. The van der Waals surface area contributed by atoms with E-state index >= 15 is 0 Å². The summed E-state index contributed by atoms with van der Waals surface area (Å²) in [4.78, 5) is 4.87. The lowest BCUT2D eigenvalue weighted by molar-refractivity contribution is 0.168. The predicted octanol–water partition coefficient (Wildman–Crippen LogP) is 1.67. The average Bonchev–Trinajstić information content (AvgIpc) is 2.15. The number of nitrogens with zero attached hydrogens (tertiary/aromatic N) is 2. The molecule has 1 aliphatic heterocycles. The Bertz CT molecular complexity index is 126. The van der Waals surface area contributed by atoms with Gasteiger partial charge in [-0.15, -0.1) is 0 Å². The molecule has 1 saturated heterocycles. The highest BCUT2D eigenvalue weighted by Crippen LogP contribution is 2.19. The van der Waals surface area contributed by atoms with E-state index in [-0.39, 0.29) is 0 Å². The number of rotatable bonds is 4. The zero-order chi connectivity index (χ0) is 9.68. The van der Waals surface area contributed by atoms with Crippen LogP contribution >= 0.6 is 0 Å². The molecule has 0 unspecified atom stereocenters. The third-order valence-electron chi connectivity index (χ3n) is 3.15. The molecule has 0 spiro atoms. The molecule has 1 aliphatic rings. The molecule has 2 nitrogen and oxygen atoms in total. The smallest absolute Gasteiger partial charge is 0.0109 e. The molecule has 0 aromatic carbocycles. The molecule has 1 rings (SSSR count). The lowest BCUT2D eigenvalue weighted by Crippen LogP contribution is -2.37. The summed E-state index contributed by atoms with van der Waals surface area (Å²) in [5.41, 5.74) is 0. The SMILES string of the molecule is CCC1CCN(CCN(C)C)CC1. The first-order chi connectivity index (χ1) is 6.22. The Morgan fingerprint density at radius 3 is 2.31 bits per heavy atom. The van der Waals surface area contributed by atoms with Crippen LogP contribution < -0.4 is 0 Å². The second-order valence-electron chi connectivity index (χ2n) is 4.50. The number of hydrogen-bond acceptors (Lipinski definition) is 2. The molecule has 78 valence electrons. The molecule has 13 heavy (non-hydrogen) atoms. The van der Waals surface area contributed by atoms with E-state index in [1.165, 1.54) is 45.4 Å². The van der Waals surface area contributed by atoms with Crippen molar-refractivity contribution in [3.8, 4) is 0 Å². The van der Waals surface area contributed by atoms with Gasteiger partial charge in [0.25, 0.3) is 0 Å². The van der Waals surface area contributed by atoms with Gasteiger partial charge in [-0.1, -0.05) is 13.3 Å². The van der Waals surface area contributed by atoms with Crippen molar-refractivity contribution in [1.82, 2.24) is 9.80 Å². The minimum Gasteiger partial charge on any atom is -0.308 e. The molecule has 2 heteroatoms. The van der Waals surface area contributed by atoms with E-state index in [4.69, 9.17) is 0 Å². The number of likely N-dealkylation sites (tertiary alicyclic amines) is 1. The van der Waals surface area contributed by atoms with Crippen molar-refractivity contribution in [2.45, 2.75) is 26.2 Å². The van der Waals surface area contributed by atoms with Gasteiger partial charge in [-0.25, -0.2) is 0 Å². The highest BCUT2D eigenvalue weighted by molar-refractivity contribution is 4.71. The third kappa shape index (κ3) is 4.10. The van der Waals surface area contributed by atoms with Crippen LogP contribution in [0.3, 0.4) is 0 Å². The van der Waals surface area contributed by atoms with Crippen LogP contribution in [0.5, 0.6) is 0 Å². The van der Waals surface area contributed by atoms with Gasteiger partial charge in [0.05, 0.1) is 0 Å². The normalized spacial score (nSPS) is 21.2. The molecule has 0 aromatic heterocycles. The van der Waals surface area contributed by atoms with Crippen molar-refractivity contribution in [2.24, 2.45) is 5.92 Å². The van der Waals surface area contributed by atoms with Gasteiger partial charge < -0.3 is 9.80 Å². The predicted molar refractivity (Wildman–Crippen MR) is 58.0 cm³/mol. The zero-order valence-electron chi connectivity index (χ0n) is 9.42. The van der Waals surface area contributed by atoms with Gasteiger partial charge >= 0.3 is 0 Å². The highest BCUT2D eigenvalue weighted by atomic mass is 15.2. The third-order valence-corrected chi connectivity index (χ3v) is 3.15. The fourth-order valence-corrected chi connectivity index (χ4v) is 1.96. The molecule has 0 bridgehead atoms. The second-order valence-corrected chi connectivity index (χ2v) is 4.50. The van der Waals surface area contributed by atoms with Gasteiger partial charge in [0.2, 0.25) is 0 Å². The summed E-state index contributed by atoms with van der Waals surface area (Å²) in [5.74, 6) is 1.01. The van der Waals surface area contributed by atoms with Crippen molar-refractivity contribution in [3.05, 3.63) is 0 Å². The van der Waals surface area contributed by atoms with Crippen LogP contribution in [0.25, 0.3) is 0 Å². The van der Waals surface area contributed by atoms with Gasteiger partial charge in [-0.05, 0) is 45.9 Å². The van der Waals surface area contributed by atoms with E-state index in [0.717, 1.165) is 5.92 Å². The van der Waals surface area contributed by atoms with Crippen molar-refractivity contribution in [1.29, 1.82) is 0 Å². The molecular formula is C11H24N2. The lowest BCUT2D eigenvalue weighted by atomic mass is 9.94. The molecule has 0 atom stereocenters. The Kier molecular flexibility index (Phi) is 4.74. The van der Waals surface area contributed by atoms with E-state index in [1.807, 2.05) is 0 Å². The summed E-state index contributed by atoms with van der Waals surface area (Å²) in [5, 5.41) is 0. The maximum atomic E-state index is 2.60. The molecule has 0 aliphatic carbocycles. The first-order valence-corrected chi connectivity index (χ1v) is 5.59. The molecule has 0 amide bonds. The summed E-state index contributed by atoms with van der Waals surface area (Å²) in [6.07, 6.45) is 4.22. The Balaban J connectivity index is 2.10. The van der Waals surface area contributed by atoms with Crippen molar-refractivity contribution >= 4 is 0 Å². The second kappa shape index (κ2) is 5.61. The van der Waals surface area contributed by atoms with E-state index in [1.54, 1.807) is 0 Å². The molecular weight excluding hydrogens is 160 g/mol. The molecule has 1 fully saturated rings. The largest absolute Gasteiger partial charge is 0.308 e. The summed E-state index contributed by atoms with van der Waals surface area (Å²) in [6, 6.07) is 0. The van der Waals surface area contributed by atoms with Gasteiger partial charge in [0.1, 0.15) is 0 Å². The van der Waals surface area contributed by atoms with Crippen LogP contribution in [0.2, 0.25) is 0 Å². The highest BCUT2D eigenvalue weighted by Gasteiger charge is 2.16. The summed E-state index contributed by atoms with van der Waals surface area (Å²) >= 11 is 0. The fraction of sp³-hybridized carbons (Fsp3) is 1.00. The van der Waals surface area contributed by atoms with Crippen LogP contribution in [-0.4, -0.2) is 50.1 Å². The maximum absolute atomic E-state index is 2.60. The Labute approximate surface area is 82.9 Å². The Morgan fingerprint density at radius 2 is 1.85 bits per heavy atom. The number of likely N-dealkylation sites (N-methyl/N-ethyl adjacent to an activating group) is 1. The first kappa shape index (κ1) is 11.0. The summed E-state index contributed by atoms with van der Waals surface area (Å²) < 4.78 is 0. The standard InChI is InChI=1S/C11H24N2/c1-4-11-5-7-13(8-6-11)10-9-12(2)3/h11H,4-10H2,1-3H3. The molecule has 0 N–H and O–H groups in total. The van der Waals surface area contributed by atoms with E-state index in [2.05, 4.69) is 30.8 Å².